The number of hydrogen-bond donors (Lipinski definition) is 2. The first-order valence-electron chi connectivity index (χ1n) is 4.45. The molecule has 0 spiro atoms. The summed E-state index contributed by atoms with van der Waals surface area (Å²) >= 11 is 0. The lowest BCUT2D eigenvalue weighted by Crippen LogP contribution is -2.34. The van der Waals surface area contributed by atoms with Crippen molar-refractivity contribution in [2.75, 3.05) is 0 Å². The lowest BCUT2D eigenvalue weighted by atomic mass is 9.74. The molecule has 0 saturated carbocycles. The molecule has 2 nitrogen and oxygen atoms in total. The number of aliphatic hydroxyl groups is 2. The molecule has 3 atom stereocenters. The van der Waals surface area contributed by atoms with Gasteiger partial charge < -0.3 is 10.2 Å². The summed E-state index contributed by atoms with van der Waals surface area (Å²) in [5, 5.41) is 18.6. The molecule has 1 aliphatic rings. The van der Waals surface area contributed by atoms with Crippen molar-refractivity contribution in [2.45, 2.75) is 39.4 Å². The van der Waals surface area contributed by atoms with Gasteiger partial charge in [0.1, 0.15) is 0 Å². The molecule has 0 aliphatic heterocycles. The molecule has 2 heteroatoms. The Kier molecular flexibility index (Phi) is 2.59. The Labute approximate surface area is 73.9 Å². The van der Waals surface area contributed by atoms with Crippen LogP contribution in [0.15, 0.2) is 12.2 Å². The standard InChI is InChI=1S/C10H18O2/c1-10(2,3)7-4-5-8(11)9(12)6-7/h4-5,7-9,11-12H,6H2,1-3H3/t7-,8+,9-/m1/s1. The third-order valence-electron chi connectivity index (χ3n) is 2.54. The molecule has 1 aliphatic carbocycles. The molecule has 0 aromatic carbocycles. The maximum Gasteiger partial charge on any atom is 0.0980 e. The largest absolute Gasteiger partial charge is 0.390 e. The molecular formula is C10H18O2. The van der Waals surface area contributed by atoms with Crippen LogP contribution in [0.2, 0.25) is 0 Å². The van der Waals surface area contributed by atoms with Crippen molar-refractivity contribution in [2.24, 2.45) is 11.3 Å². The number of aliphatic hydroxyl groups excluding tert-OH is 2. The summed E-state index contributed by atoms with van der Waals surface area (Å²) in [4.78, 5) is 0. The van der Waals surface area contributed by atoms with Crippen LogP contribution in [0.25, 0.3) is 0 Å². The molecule has 0 radical (unpaired) electrons. The van der Waals surface area contributed by atoms with E-state index >= 15 is 0 Å². The van der Waals surface area contributed by atoms with Crippen LogP contribution in [0.5, 0.6) is 0 Å². The molecule has 0 fully saturated rings. The lowest BCUT2D eigenvalue weighted by Gasteiger charge is -2.34. The van der Waals surface area contributed by atoms with E-state index in [1.165, 1.54) is 0 Å². The second-order valence-electron chi connectivity index (χ2n) is 4.65. The molecule has 0 unspecified atom stereocenters. The van der Waals surface area contributed by atoms with Crippen LogP contribution in [0.3, 0.4) is 0 Å². The van der Waals surface area contributed by atoms with E-state index in [-0.39, 0.29) is 5.41 Å². The number of rotatable bonds is 0. The lowest BCUT2D eigenvalue weighted by molar-refractivity contribution is 0.0159. The Morgan fingerprint density at radius 2 is 1.75 bits per heavy atom. The highest BCUT2D eigenvalue weighted by Crippen LogP contribution is 2.33. The van der Waals surface area contributed by atoms with Crippen molar-refractivity contribution in [1.82, 2.24) is 0 Å². The molecule has 2 N–H and O–H groups in total. The van der Waals surface area contributed by atoms with Crippen molar-refractivity contribution >= 4 is 0 Å². The summed E-state index contributed by atoms with van der Waals surface area (Å²) in [7, 11) is 0. The van der Waals surface area contributed by atoms with Gasteiger partial charge >= 0.3 is 0 Å². The maximum absolute atomic E-state index is 9.41. The van der Waals surface area contributed by atoms with E-state index in [0.29, 0.717) is 12.3 Å². The quantitative estimate of drug-likeness (QED) is 0.538. The molecule has 0 aromatic rings. The zero-order chi connectivity index (χ0) is 9.35. The fourth-order valence-electron chi connectivity index (χ4n) is 1.50. The molecule has 70 valence electrons. The number of allylic oxidation sites excluding steroid dienone is 1. The summed E-state index contributed by atoms with van der Waals surface area (Å²) in [6.45, 7) is 6.44. The Hall–Kier alpha value is -0.340. The molecule has 0 aromatic heterocycles. The first kappa shape index (κ1) is 9.75. The van der Waals surface area contributed by atoms with E-state index in [0.717, 1.165) is 0 Å². The van der Waals surface area contributed by atoms with Crippen molar-refractivity contribution < 1.29 is 10.2 Å². The van der Waals surface area contributed by atoms with E-state index in [1.807, 2.05) is 6.08 Å². The predicted octanol–water partition coefficient (Wildman–Crippen LogP) is 1.33. The van der Waals surface area contributed by atoms with Gasteiger partial charge in [-0.2, -0.15) is 0 Å². The van der Waals surface area contributed by atoms with Gasteiger partial charge in [0.05, 0.1) is 12.2 Å². The molecular weight excluding hydrogens is 152 g/mol. The van der Waals surface area contributed by atoms with Gasteiger partial charge in [-0.25, -0.2) is 0 Å². The first-order chi connectivity index (χ1) is 5.41. The van der Waals surface area contributed by atoms with Gasteiger partial charge in [-0.05, 0) is 17.8 Å². The number of hydrogen-bond acceptors (Lipinski definition) is 2. The minimum atomic E-state index is -0.663. The molecule has 1 rings (SSSR count). The highest BCUT2D eigenvalue weighted by atomic mass is 16.3. The van der Waals surface area contributed by atoms with E-state index in [1.54, 1.807) is 6.08 Å². The van der Waals surface area contributed by atoms with E-state index in [4.69, 9.17) is 0 Å². The average molecular weight is 170 g/mol. The average Bonchev–Trinajstić information content (AvgIpc) is 1.92. The van der Waals surface area contributed by atoms with Gasteiger partial charge in [0, 0.05) is 0 Å². The van der Waals surface area contributed by atoms with Gasteiger partial charge in [0.2, 0.25) is 0 Å². The van der Waals surface area contributed by atoms with Crippen molar-refractivity contribution in [3.63, 3.8) is 0 Å². The second-order valence-corrected chi connectivity index (χ2v) is 4.65. The van der Waals surface area contributed by atoms with Gasteiger partial charge in [-0.3, -0.25) is 0 Å². The third-order valence-corrected chi connectivity index (χ3v) is 2.54. The second kappa shape index (κ2) is 3.19. The van der Waals surface area contributed by atoms with Crippen LogP contribution in [0.4, 0.5) is 0 Å². The van der Waals surface area contributed by atoms with E-state index in [2.05, 4.69) is 20.8 Å². The van der Waals surface area contributed by atoms with Gasteiger partial charge in [-0.15, -0.1) is 0 Å². The fourth-order valence-corrected chi connectivity index (χ4v) is 1.50. The summed E-state index contributed by atoms with van der Waals surface area (Å²) in [5.41, 5.74) is 0.178. The molecule has 0 saturated heterocycles. The predicted molar refractivity (Wildman–Crippen MR) is 48.7 cm³/mol. The van der Waals surface area contributed by atoms with Crippen LogP contribution in [-0.2, 0) is 0 Å². The summed E-state index contributed by atoms with van der Waals surface area (Å²) in [6, 6.07) is 0. The summed E-state index contributed by atoms with van der Waals surface area (Å²) in [6.07, 6.45) is 3.13. The minimum absolute atomic E-state index is 0.178. The van der Waals surface area contributed by atoms with Crippen LogP contribution in [-0.4, -0.2) is 22.4 Å². The Morgan fingerprint density at radius 3 is 2.17 bits per heavy atom. The van der Waals surface area contributed by atoms with E-state index < -0.39 is 12.2 Å². The van der Waals surface area contributed by atoms with E-state index in [9.17, 15) is 10.2 Å². The normalized spacial score (nSPS) is 36.9. The van der Waals surface area contributed by atoms with Crippen molar-refractivity contribution in [1.29, 1.82) is 0 Å². The van der Waals surface area contributed by atoms with Crippen molar-refractivity contribution in [3.05, 3.63) is 12.2 Å². The van der Waals surface area contributed by atoms with Crippen LogP contribution < -0.4 is 0 Å². The molecule has 0 bridgehead atoms. The summed E-state index contributed by atoms with van der Waals surface area (Å²) < 4.78 is 0. The van der Waals surface area contributed by atoms with Gasteiger partial charge in [-0.1, -0.05) is 32.9 Å². The van der Waals surface area contributed by atoms with Gasteiger partial charge in [0.15, 0.2) is 0 Å². The van der Waals surface area contributed by atoms with Gasteiger partial charge in [0.25, 0.3) is 0 Å². The topological polar surface area (TPSA) is 40.5 Å². The summed E-state index contributed by atoms with van der Waals surface area (Å²) in [5.74, 6) is 0.371. The highest BCUT2D eigenvalue weighted by Gasteiger charge is 2.30. The molecule has 0 amide bonds. The van der Waals surface area contributed by atoms with Crippen LogP contribution in [0, 0.1) is 11.3 Å². The molecule has 0 heterocycles. The Bertz CT molecular complexity index is 179. The van der Waals surface area contributed by atoms with Crippen molar-refractivity contribution in [3.8, 4) is 0 Å². The monoisotopic (exact) mass is 170 g/mol. The first-order valence-corrected chi connectivity index (χ1v) is 4.45. The zero-order valence-electron chi connectivity index (χ0n) is 7.99. The highest BCUT2D eigenvalue weighted by molar-refractivity contribution is 5.05. The Morgan fingerprint density at radius 1 is 1.17 bits per heavy atom. The SMILES string of the molecule is CC(C)(C)[C@@H]1C=C[C@H](O)[C@H](O)C1. The van der Waals surface area contributed by atoms with Crippen LogP contribution in [0.1, 0.15) is 27.2 Å². The third kappa shape index (κ3) is 2.08. The molecule has 12 heavy (non-hydrogen) atoms. The Balaban J connectivity index is 2.67. The van der Waals surface area contributed by atoms with Crippen LogP contribution >= 0.6 is 0 Å². The fraction of sp³-hybridized carbons (Fsp3) is 0.800. The minimum Gasteiger partial charge on any atom is -0.390 e. The smallest absolute Gasteiger partial charge is 0.0980 e. The maximum atomic E-state index is 9.41. The zero-order valence-corrected chi connectivity index (χ0v) is 7.99.